The molecule has 0 saturated carbocycles. The number of rotatable bonds is 14. The van der Waals surface area contributed by atoms with E-state index in [1.54, 1.807) is 36.4 Å². The van der Waals surface area contributed by atoms with E-state index in [4.69, 9.17) is 14.2 Å². The van der Waals surface area contributed by atoms with Gasteiger partial charge in [-0.3, -0.25) is 14.5 Å². The zero-order valence-electron chi connectivity index (χ0n) is 29.5. The first-order chi connectivity index (χ1) is 25.7. The van der Waals surface area contributed by atoms with Crippen LogP contribution in [0.5, 0.6) is 17.2 Å². The van der Waals surface area contributed by atoms with Crippen molar-refractivity contribution >= 4 is 23.5 Å². The number of halogens is 3. The SMILES string of the molecule is COc1ccc(CC(=O)Nc2ccc(C(O)N(CC(=O)O)Cc3ccc(OC(=O)c4ccc(-c5ccc(C)cc5)cc4)cc3)c(OC)c2)c(C(F)(F)F)c1. The molecule has 0 aliphatic heterocycles. The molecular weight excluding hydrogens is 705 g/mol. The number of ether oxygens (including phenoxy) is 3. The van der Waals surface area contributed by atoms with Crippen LogP contribution in [0.15, 0.2) is 109 Å². The van der Waals surface area contributed by atoms with Crippen molar-refractivity contribution in [1.29, 1.82) is 0 Å². The Labute approximate surface area is 309 Å². The second-order valence-corrected chi connectivity index (χ2v) is 12.4. The molecule has 54 heavy (non-hydrogen) atoms. The quantitative estimate of drug-likeness (QED) is 0.0595. The normalized spacial score (nSPS) is 11.9. The van der Waals surface area contributed by atoms with Crippen LogP contribution < -0.4 is 19.5 Å². The van der Waals surface area contributed by atoms with Gasteiger partial charge in [0.25, 0.3) is 0 Å². The van der Waals surface area contributed by atoms with Gasteiger partial charge in [0.15, 0.2) is 0 Å². The molecule has 0 aliphatic carbocycles. The smallest absolute Gasteiger partial charge is 0.416 e. The molecule has 0 heterocycles. The molecule has 3 N–H and O–H groups in total. The van der Waals surface area contributed by atoms with Crippen molar-refractivity contribution in [2.75, 3.05) is 26.1 Å². The Morgan fingerprint density at radius 2 is 1.43 bits per heavy atom. The van der Waals surface area contributed by atoms with Gasteiger partial charge in [0.1, 0.15) is 23.5 Å². The summed E-state index contributed by atoms with van der Waals surface area (Å²) in [5, 5.41) is 23.5. The largest absolute Gasteiger partial charge is 0.497 e. The average molecular weight is 743 g/mol. The van der Waals surface area contributed by atoms with Gasteiger partial charge in [0.2, 0.25) is 5.91 Å². The van der Waals surface area contributed by atoms with Gasteiger partial charge in [-0.25, -0.2) is 4.79 Å². The molecule has 5 rings (SSSR count). The summed E-state index contributed by atoms with van der Waals surface area (Å²) in [4.78, 5) is 38.7. The molecule has 1 amide bonds. The van der Waals surface area contributed by atoms with E-state index in [-0.39, 0.29) is 40.6 Å². The number of esters is 1. The maximum absolute atomic E-state index is 13.6. The molecule has 1 unspecified atom stereocenters. The van der Waals surface area contributed by atoms with Crippen molar-refractivity contribution in [3.05, 3.63) is 143 Å². The Morgan fingerprint density at radius 3 is 2.02 bits per heavy atom. The number of nitrogens with zero attached hydrogens (tertiary/aromatic N) is 1. The summed E-state index contributed by atoms with van der Waals surface area (Å²) in [6.45, 7) is 1.40. The average Bonchev–Trinajstić information content (AvgIpc) is 3.15. The van der Waals surface area contributed by atoms with E-state index in [1.807, 2.05) is 43.3 Å². The van der Waals surface area contributed by atoms with Crippen LogP contribution in [0.2, 0.25) is 0 Å². The number of carbonyl (C=O) groups excluding carboxylic acids is 2. The Bertz CT molecular complexity index is 2100. The lowest BCUT2D eigenvalue weighted by Gasteiger charge is -2.28. The number of methoxy groups -OCH3 is 2. The summed E-state index contributed by atoms with van der Waals surface area (Å²) >= 11 is 0. The third kappa shape index (κ3) is 10.0. The van der Waals surface area contributed by atoms with E-state index < -0.39 is 48.8 Å². The second kappa shape index (κ2) is 17.1. The summed E-state index contributed by atoms with van der Waals surface area (Å²) in [5.41, 5.74) is 3.17. The molecule has 0 bridgehead atoms. The van der Waals surface area contributed by atoms with Gasteiger partial charge in [0.05, 0.1) is 38.3 Å². The van der Waals surface area contributed by atoms with Gasteiger partial charge >= 0.3 is 18.1 Å². The van der Waals surface area contributed by atoms with Gasteiger partial charge in [0, 0.05) is 23.9 Å². The molecule has 0 spiro atoms. The highest BCUT2D eigenvalue weighted by Gasteiger charge is 2.34. The lowest BCUT2D eigenvalue weighted by molar-refractivity contribution is -0.142. The number of aliphatic carboxylic acids is 1. The van der Waals surface area contributed by atoms with E-state index in [0.29, 0.717) is 11.1 Å². The first kappa shape index (κ1) is 39.0. The maximum atomic E-state index is 13.6. The van der Waals surface area contributed by atoms with Crippen LogP contribution in [-0.4, -0.2) is 53.7 Å². The molecule has 0 aromatic heterocycles. The molecular formula is C41H37F3N2O8. The van der Waals surface area contributed by atoms with Gasteiger partial charge in [-0.2, -0.15) is 13.2 Å². The molecule has 1 atom stereocenters. The van der Waals surface area contributed by atoms with Crippen LogP contribution in [-0.2, 0) is 28.7 Å². The minimum atomic E-state index is -4.71. The highest BCUT2D eigenvalue weighted by molar-refractivity contribution is 5.93. The number of aliphatic hydroxyl groups excluding tert-OH is 1. The third-order valence-electron chi connectivity index (χ3n) is 8.48. The van der Waals surface area contributed by atoms with E-state index in [0.717, 1.165) is 22.8 Å². The van der Waals surface area contributed by atoms with Crippen LogP contribution in [0.1, 0.15) is 44.4 Å². The number of benzene rings is 5. The van der Waals surface area contributed by atoms with Crippen LogP contribution in [0.3, 0.4) is 0 Å². The minimum Gasteiger partial charge on any atom is -0.497 e. The number of hydrogen-bond donors (Lipinski definition) is 3. The number of hydrogen-bond acceptors (Lipinski definition) is 8. The Balaban J connectivity index is 1.24. The molecule has 0 saturated heterocycles. The van der Waals surface area contributed by atoms with Crippen molar-refractivity contribution in [3.63, 3.8) is 0 Å². The summed E-state index contributed by atoms with van der Waals surface area (Å²) in [5.74, 6) is -2.16. The summed E-state index contributed by atoms with van der Waals surface area (Å²) in [6.07, 6.45) is -6.79. The molecule has 0 aliphatic rings. The monoisotopic (exact) mass is 742 g/mol. The predicted octanol–water partition coefficient (Wildman–Crippen LogP) is 7.68. The fraction of sp³-hybridized carbons (Fsp3) is 0.195. The van der Waals surface area contributed by atoms with Gasteiger partial charge in [-0.05, 0) is 77.7 Å². The molecule has 13 heteroatoms. The molecule has 0 fully saturated rings. The van der Waals surface area contributed by atoms with Crippen molar-refractivity contribution in [2.45, 2.75) is 32.3 Å². The number of aliphatic hydroxyl groups is 1. The zero-order chi connectivity index (χ0) is 39.0. The van der Waals surface area contributed by atoms with E-state index >= 15 is 0 Å². The standard InChI is InChI=1S/C41H37F3N2O8/c1-25-4-8-27(9-5-25)28-10-12-29(13-11-28)40(51)54-32-16-6-26(7-17-32)23-46(24-38(48)49)39(50)34-19-15-31(21-36(34)53-3)45-37(47)20-30-14-18-33(52-2)22-35(30)41(42,43)44/h4-19,21-22,39,50H,20,23-24H2,1-3H3,(H,45,47)(H,48,49). The van der Waals surface area contributed by atoms with Crippen LogP contribution in [0.4, 0.5) is 18.9 Å². The van der Waals surface area contributed by atoms with E-state index in [2.05, 4.69) is 5.32 Å². The van der Waals surface area contributed by atoms with Crippen LogP contribution in [0, 0.1) is 6.92 Å². The van der Waals surface area contributed by atoms with Crippen molar-refractivity contribution in [2.24, 2.45) is 0 Å². The lowest BCUT2D eigenvalue weighted by Crippen LogP contribution is -2.33. The van der Waals surface area contributed by atoms with Crippen molar-refractivity contribution < 1.29 is 52.0 Å². The Morgan fingerprint density at radius 1 is 0.796 bits per heavy atom. The summed E-state index contributed by atoms with van der Waals surface area (Å²) < 4.78 is 56.8. The number of anilines is 1. The summed E-state index contributed by atoms with van der Waals surface area (Å²) in [6, 6.07) is 29.0. The number of nitrogens with one attached hydrogen (secondary N) is 1. The highest BCUT2D eigenvalue weighted by atomic mass is 19.4. The van der Waals surface area contributed by atoms with Gasteiger partial charge in [-0.15, -0.1) is 0 Å². The Kier molecular flexibility index (Phi) is 12.4. The fourth-order valence-corrected chi connectivity index (χ4v) is 5.69. The topological polar surface area (TPSA) is 135 Å². The lowest BCUT2D eigenvalue weighted by atomic mass is 10.0. The van der Waals surface area contributed by atoms with Crippen molar-refractivity contribution in [1.82, 2.24) is 4.90 Å². The van der Waals surface area contributed by atoms with E-state index in [9.17, 15) is 37.8 Å². The summed E-state index contributed by atoms with van der Waals surface area (Å²) in [7, 11) is 2.55. The number of amides is 1. The van der Waals surface area contributed by atoms with E-state index in [1.165, 1.54) is 49.5 Å². The first-order valence-corrected chi connectivity index (χ1v) is 16.6. The highest BCUT2D eigenvalue weighted by Crippen LogP contribution is 2.35. The van der Waals surface area contributed by atoms with Crippen LogP contribution >= 0.6 is 0 Å². The number of carbonyl (C=O) groups is 3. The van der Waals surface area contributed by atoms with Crippen LogP contribution in [0.25, 0.3) is 11.1 Å². The molecule has 280 valence electrons. The second-order valence-electron chi connectivity index (χ2n) is 12.4. The predicted molar refractivity (Wildman–Crippen MR) is 194 cm³/mol. The number of carboxylic acid groups (broad SMARTS) is 1. The zero-order valence-corrected chi connectivity index (χ0v) is 29.5. The number of carboxylic acids is 1. The fourth-order valence-electron chi connectivity index (χ4n) is 5.69. The Hall–Kier alpha value is -6.18. The number of aryl methyl sites for hydroxylation is 1. The first-order valence-electron chi connectivity index (χ1n) is 16.6. The molecule has 0 radical (unpaired) electrons. The minimum absolute atomic E-state index is 0.00296. The number of alkyl halides is 3. The molecule has 5 aromatic carbocycles. The maximum Gasteiger partial charge on any atom is 0.416 e. The van der Waals surface area contributed by atoms with Gasteiger partial charge < -0.3 is 29.7 Å². The van der Waals surface area contributed by atoms with Gasteiger partial charge in [-0.1, -0.05) is 60.2 Å². The van der Waals surface area contributed by atoms with Crippen molar-refractivity contribution in [3.8, 4) is 28.4 Å². The molecule has 10 nitrogen and oxygen atoms in total. The third-order valence-corrected chi connectivity index (χ3v) is 8.48. The molecule has 5 aromatic rings.